The molecule has 0 aromatic heterocycles. The molecule has 2 rings (SSSR count). The second-order valence-corrected chi connectivity index (χ2v) is 6.51. The minimum Gasteiger partial charge on any atom is -0.207 e. The summed E-state index contributed by atoms with van der Waals surface area (Å²) in [7, 11) is -2.41. The molecule has 0 aliphatic heterocycles. The zero-order valence-electron chi connectivity index (χ0n) is 11.3. The topological polar surface area (TPSA) is 61.2 Å². The van der Waals surface area contributed by atoms with Crippen molar-refractivity contribution < 1.29 is 12.8 Å². The van der Waals surface area contributed by atoms with Crippen LogP contribution in [0.25, 0.3) is 0 Å². The molecule has 4 nitrogen and oxygen atoms in total. The first kappa shape index (κ1) is 15.2. The minimum absolute atomic E-state index is 0.0276. The highest BCUT2D eigenvalue weighted by Gasteiger charge is 2.23. The molecule has 0 fully saturated rings. The second-order valence-electron chi connectivity index (χ2n) is 4.50. The molecule has 0 saturated carbocycles. The van der Waals surface area contributed by atoms with Gasteiger partial charge in [-0.1, -0.05) is 24.3 Å². The van der Waals surface area contributed by atoms with Gasteiger partial charge in [-0.2, -0.15) is 9.57 Å². The number of hydrogen-bond donors (Lipinski definition) is 0. The molecule has 0 N–H and O–H groups in total. The number of halogens is 1. The smallest absolute Gasteiger partial charge is 0.207 e. The van der Waals surface area contributed by atoms with Gasteiger partial charge in [0, 0.05) is 13.6 Å². The molecule has 0 atom stereocenters. The van der Waals surface area contributed by atoms with Gasteiger partial charge < -0.3 is 0 Å². The van der Waals surface area contributed by atoms with Crippen LogP contribution in [0.1, 0.15) is 11.1 Å². The van der Waals surface area contributed by atoms with Gasteiger partial charge in [0.05, 0.1) is 10.5 Å². The summed E-state index contributed by atoms with van der Waals surface area (Å²) >= 11 is 0. The number of sulfonamides is 1. The predicted octanol–water partition coefficient (Wildman–Crippen LogP) is 2.52. The fourth-order valence-electron chi connectivity index (χ4n) is 1.93. The van der Waals surface area contributed by atoms with Crippen molar-refractivity contribution in [2.45, 2.75) is 11.4 Å². The standard InChI is InChI=1S/C15H13FN2O2S/c1-18(11-12-5-4-7-14(16)9-12)21(19,20)15-8-3-2-6-13(15)10-17/h2-9H,11H2,1H3. The van der Waals surface area contributed by atoms with Gasteiger partial charge in [0.1, 0.15) is 11.9 Å². The van der Waals surface area contributed by atoms with Gasteiger partial charge in [0.2, 0.25) is 10.0 Å². The Morgan fingerprint density at radius 2 is 1.90 bits per heavy atom. The van der Waals surface area contributed by atoms with Crippen LogP contribution in [-0.2, 0) is 16.6 Å². The lowest BCUT2D eigenvalue weighted by Crippen LogP contribution is -2.27. The largest absolute Gasteiger partial charge is 0.244 e. The molecule has 0 aliphatic carbocycles. The van der Waals surface area contributed by atoms with Gasteiger partial charge in [-0.25, -0.2) is 12.8 Å². The summed E-state index contributed by atoms with van der Waals surface area (Å²) in [5.74, 6) is -0.421. The number of nitriles is 1. The third-order valence-electron chi connectivity index (χ3n) is 2.99. The molecule has 0 amide bonds. The van der Waals surface area contributed by atoms with Gasteiger partial charge in [-0.3, -0.25) is 0 Å². The van der Waals surface area contributed by atoms with E-state index in [1.54, 1.807) is 18.2 Å². The lowest BCUT2D eigenvalue weighted by Gasteiger charge is -2.18. The van der Waals surface area contributed by atoms with E-state index in [0.29, 0.717) is 5.56 Å². The van der Waals surface area contributed by atoms with Crippen LogP contribution in [0.3, 0.4) is 0 Å². The molecule has 0 saturated heterocycles. The van der Waals surface area contributed by atoms with Crippen LogP contribution < -0.4 is 0 Å². The van der Waals surface area contributed by atoms with Crippen molar-refractivity contribution >= 4 is 10.0 Å². The lowest BCUT2D eigenvalue weighted by atomic mass is 10.2. The Morgan fingerprint density at radius 3 is 2.57 bits per heavy atom. The summed E-state index contributed by atoms with van der Waals surface area (Å²) in [6.07, 6.45) is 0. The minimum atomic E-state index is -3.80. The first-order valence-electron chi connectivity index (χ1n) is 6.15. The molecule has 0 heterocycles. The van der Waals surface area contributed by atoms with Crippen LogP contribution >= 0.6 is 0 Å². The Balaban J connectivity index is 2.33. The lowest BCUT2D eigenvalue weighted by molar-refractivity contribution is 0.465. The molecular weight excluding hydrogens is 291 g/mol. The van der Waals surface area contributed by atoms with Crippen LogP contribution in [0.15, 0.2) is 53.4 Å². The maximum atomic E-state index is 13.1. The van der Waals surface area contributed by atoms with E-state index in [1.165, 1.54) is 37.4 Å². The Morgan fingerprint density at radius 1 is 1.19 bits per heavy atom. The van der Waals surface area contributed by atoms with Crippen molar-refractivity contribution in [3.8, 4) is 6.07 Å². The van der Waals surface area contributed by atoms with Gasteiger partial charge in [-0.15, -0.1) is 0 Å². The molecule has 0 radical (unpaired) electrons. The maximum absolute atomic E-state index is 13.1. The summed E-state index contributed by atoms with van der Waals surface area (Å²) in [6.45, 7) is 0.0276. The van der Waals surface area contributed by atoms with Crippen LogP contribution in [0.4, 0.5) is 4.39 Å². The molecule has 108 valence electrons. The Hall–Kier alpha value is -2.23. The van der Waals surface area contributed by atoms with Crippen molar-refractivity contribution in [1.29, 1.82) is 5.26 Å². The Labute approximate surface area is 123 Å². The van der Waals surface area contributed by atoms with Crippen molar-refractivity contribution in [2.75, 3.05) is 7.05 Å². The third-order valence-corrected chi connectivity index (χ3v) is 4.85. The van der Waals surface area contributed by atoms with Crippen LogP contribution in [0.2, 0.25) is 0 Å². The van der Waals surface area contributed by atoms with E-state index in [2.05, 4.69) is 0 Å². The van der Waals surface area contributed by atoms with E-state index in [-0.39, 0.29) is 17.0 Å². The zero-order chi connectivity index (χ0) is 15.5. The monoisotopic (exact) mass is 304 g/mol. The zero-order valence-corrected chi connectivity index (χ0v) is 12.1. The average Bonchev–Trinajstić information content (AvgIpc) is 2.47. The maximum Gasteiger partial charge on any atom is 0.244 e. The van der Waals surface area contributed by atoms with Gasteiger partial charge in [-0.05, 0) is 29.8 Å². The summed E-state index contributed by atoms with van der Waals surface area (Å²) in [4.78, 5) is -0.0496. The van der Waals surface area contributed by atoms with Crippen LogP contribution in [0, 0.1) is 17.1 Å². The van der Waals surface area contributed by atoms with E-state index in [4.69, 9.17) is 5.26 Å². The summed E-state index contributed by atoms with van der Waals surface area (Å²) in [5.41, 5.74) is 0.624. The molecular formula is C15H13FN2O2S. The molecule has 0 bridgehead atoms. The Bertz CT molecular complexity index is 797. The third kappa shape index (κ3) is 3.27. The highest BCUT2D eigenvalue weighted by Crippen LogP contribution is 2.20. The van der Waals surface area contributed by atoms with Gasteiger partial charge >= 0.3 is 0 Å². The molecule has 0 spiro atoms. The summed E-state index contributed by atoms with van der Waals surface area (Å²) in [6, 6.07) is 13.6. The quantitative estimate of drug-likeness (QED) is 0.872. The fraction of sp³-hybridized carbons (Fsp3) is 0.133. The van der Waals surface area contributed by atoms with Crippen LogP contribution in [-0.4, -0.2) is 19.8 Å². The second kappa shape index (κ2) is 6.04. The predicted molar refractivity (Wildman–Crippen MR) is 76.2 cm³/mol. The average molecular weight is 304 g/mol. The van der Waals surface area contributed by atoms with Crippen molar-refractivity contribution in [1.82, 2.24) is 4.31 Å². The van der Waals surface area contributed by atoms with E-state index in [9.17, 15) is 12.8 Å². The number of nitrogens with zero attached hydrogens (tertiary/aromatic N) is 2. The highest BCUT2D eigenvalue weighted by atomic mass is 32.2. The summed E-state index contributed by atoms with van der Waals surface area (Å²) in [5, 5.41) is 9.01. The molecule has 2 aromatic carbocycles. The number of hydrogen-bond acceptors (Lipinski definition) is 3. The molecule has 6 heteroatoms. The Kier molecular flexibility index (Phi) is 4.36. The van der Waals surface area contributed by atoms with E-state index in [0.717, 1.165) is 4.31 Å². The molecule has 21 heavy (non-hydrogen) atoms. The molecule has 0 unspecified atom stereocenters. The van der Waals surface area contributed by atoms with Crippen molar-refractivity contribution in [2.24, 2.45) is 0 Å². The van der Waals surface area contributed by atoms with Crippen molar-refractivity contribution in [3.05, 3.63) is 65.5 Å². The first-order valence-corrected chi connectivity index (χ1v) is 7.59. The number of benzene rings is 2. The van der Waals surface area contributed by atoms with E-state index in [1.807, 2.05) is 6.07 Å². The summed E-state index contributed by atoms with van der Waals surface area (Å²) < 4.78 is 39.2. The SMILES string of the molecule is CN(Cc1cccc(F)c1)S(=O)(=O)c1ccccc1C#N. The fourth-order valence-corrected chi connectivity index (χ4v) is 3.23. The van der Waals surface area contributed by atoms with E-state index >= 15 is 0 Å². The number of rotatable bonds is 4. The van der Waals surface area contributed by atoms with Gasteiger partial charge in [0.25, 0.3) is 0 Å². The van der Waals surface area contributed by atoms with Gasteiger partial charge in [0.15, 0.2) is 0 Å². The normalized spacial score (nSPS) is 11.3. The van der Waals surface area contributed by atoms with Crippen LogP contribution in [0.5, 0.6) is 0 Å². The first-order chi connectivity index (χ1) is 9.95. The van der Waals surface area contributed by atoms with Crippen molar-refractivity contribution in [3.63, 3.8) is 0 Å². The molecule has 0 aliphatic rings. The highest BCUT2D eigenvalue weighted by molar-refractivity contribution is 7.89. The van der Waals surface area contributed by atoms with E-state index < -0.39 is 15.8 Å². The molecule has 2 aromatic rings.